The first-order valence-electron chi connectivity index (χ1n) is 49.0. The molecule has 0 amide bonds. The summed E-state index contributed by atoms with van der Waals surface area (Å²) in [5, 5.41) is 27.3. The van der Waals surface area contributed by atoms with Crippen LogP contribution in [0.5, 0.6) is 0 Å². The van der Waals surface area contributed by atoms with E-state index in [2.05, 4.69) is 399 Å². The molecule has 6 aromatic heterocycles. The van der Waals surface area contributed by atoms with Gasteiger partial charge in [-0.25, -0.2) is 15.0 Å². The lowest BCUT2D eigenvalue weighted by Crippen LogP contribution is -2.14. The molecule has 6 heterocycles. The Balaban J connectivity index is 0.000000103. The van der Waals surface area contributed by atoms with Gasteiger partial charge in [0, 0.05) is 51.1 Å². The Morgan fingerprint density at radius 3 is 1.22 bits per heavy atom. The van der Waals surface area contributed by atoms with E-state index in [9.17, 15) is 0 Å². The van der Waals surface area contributed by atoms with Gasteiger partial charge in [-0.15, -0.1) is 0 Å². The van der Waals surface area contributed by atoms with E-state index in [1.165, 1.54) is 159 Å². The molecule has 31 rings (SSSR count). The Morgan fingerprint density at radius 1 is 0.174 bits per heavy atom. The van der Waals surface area contributed by atoms with E-state index in [1.54, 1.807) is 12.4 Å². The van der Waals surface area contributed by atoms with Crippen LogP contribution in [0.4, 0.5) is 0 Å². The summed E-state index contributed by atoms with van der Waals surface area (Å²) >= 11 is 0. The lowest BCUT2D eigenvalue weighted by molar-refractivity contribution is 0.619. The first kappa shape index (κ1) is 82.1. The topological polar surface area (TPSA) is 117 Å². The zero-order valence-electron chi connectivity index (χ0n) is 78.3. The summed E-state index contributed by atoms with van der Waals surface area (Å²) in [7, 11) is 0. The van der Waals surface area contributed by atoms with Crippen molar-refractivity contribution in [3.8, 4) is 135 Å². The van der Waals surface area contributed by atoms with Crippen LogP contribution < -0.4 is 0 Å². The fraction of sp³-hybridized carbons (Fsp3) is 0.0222. The van der Waals surface area contributed by atoms with Crippen LogP contribution in [0, 0.1) is 0 Å². The number of hydrogen-bond donors (Lipinski definition) is 0. The number of oxazole rings is 3. The van der Waals surface area contributed by atoms with E-state index >= 15 is 0 Å². The fourth-order valence-corrected chi connectivity index (χ4v) is 23.2. The average Bonchev–Trinajstić information content (AvgIpc) is 1.57. The summed E-state index contributed by atoms with van der Waals surface area (Å²) in [6, 6.07) is 159. The van der Waals surface area contributed by atoms with Gasteiger partial charge in [-0.1, -0.05) is 347 Å². The predicted molar refractivity (Wildman–Crippen MR) is 596 cm³/mol. The smallest absolute Gasteiger partial charge is 0.246 e. The summed E-state index contributed by atoms with van der Waals surface area (Å²) in [5.74, 6) is 1.67. The van der Waals surface area contributed by atoms with Crippen LogP contribution in [0.15, 0.2) is 475 Å². The second-order valence-electron chi connectivity index (χ2n) is 38.5. The molecule has 0 spiro atoms. The van der Waals surface area contributed by atoms with Crippen LogP contribution in [0.2, 0.25) is 0 Å². The third-order valence-corrected chi connectivity index (χ3v) is 30.1. The van der Waals surface area contributed by atoms with E-state index in [1.807, 2.05) is 79.0 Å². The van der Waals surface area contributed by atoms with Gasteiger partial charge >= 0.3 is 0 Å². The number of hydrogen-bond acceptors (Lipinski definition) is 9. The van der Waals surface area contributed by atoms with Crippen molar-refractivity contribution in [2.75, 3.05) is 0 Å². The molecule has 9 heteroatoms. The van der Waals surface area contributed by atoms with Gasteiger partial charge < -0.3 is 13.3 Å². The molecule has 0 atom stereocenters. The van der Waals surface area contributed by atoms with Crippen LogP contribution in [0.3, 0.4) is 0 Å². The minimum Gasteiger partial charge on any atom is -0.435 e. The van der Waals surface area contributed by atoms with E-state index in [-0.39, 0.29) is 5.41 Å². The van der Waals surface area contributed by atoms with Gasteiger partial charge in [-0.2, -0.15) is 0 Å². The Labute approximate surface area is 826 Å². The highest BCUT2D eigenvalue weighted by Crippen LogP contribution is 2.54. The third kappa shape index (κ3) is 13.3. The normalized spacial score (nSPS) is 12.4. The van der Waals surface area contributed by atoms with Crippen molar-refractivity contribution in [2.24, 2.45) is 0 Å². The summed E-state index contributed by atoms with van der Waals surface area (Å²) < 4.78 is 19.5. The number of nitrogens with zero attached hydrogens (tertiary/aromatic N) is 6. The first-order chi connectivity index (χ1) is 71.1. The standard InChI is InChI=1S/C46H26N2O.C45H30N2O.C44H26N2O/c1-2-9-32-30(8-1)24-31(26-40(32)35-20-21-38-34-11-4-3-10-33(34)36-12-7-13-37(35)44(36)38)29-18-16-27-15-17-28-19-22-41-45(43(28)39(27)25-29)49-46(48-41)42-14-5-6-23-47-42;1-45(2)38-12-5-3-10-33(38)34-20-18-32(26-39(34)45)30-9-7-8-29(24-30)31-17-15-27-14-16-28-19-21-41-43(42(28)37(27)25-31)48-44(47-41)36-22-23-46-40-13-6-4-11-35(36)40;1-2-11-33-27(8-1)19-21-36-34-12-3-4-13-35(34)37(26-39(33)36)32-10-7-9-30(24-32)31-18-16-28-15-17-29-20-22-40-43(42(29)38(28)25-31)47-44(46-40)41-14-5-6-23-45-41/h1-26H;3-26H,1-2H3;1-26H. The van der Waals surface area contributed by atoms with Crippen LogP contribution in [-0.4, -0.2) is 29.9 Å². The maximum absolute atomic E-state index is 6.64. The number of para-hydroxylation sites is 1. The van der Waals surface area contributed by atoms with Gasteiger partial charge in [-0.3, -0.25) is 15.0 Å². The SMILES string of the molecule is CC1(C)c2ccccc2-c2ccc(-c3cccc(-c4ccc5ccc6ccc7nc(-c8ccnc9ccccc89)oc7c6c5c4)c3)cc21.c1ccc(-c2nc3ccc4ccc5ccc(-c6cc(-c7ccc8c9c(cccc79)-c7ccccc7-8)c7ccccc7c6)cc5c4c3o2)nc1.c1ccc(-c2nc3ccc4ccc5ccc(-c6cccc(-c7cc8c9ccccc9ccc8c8ccccc78)c6)cc5c4c3o2)nc1. The van der Waals surface area contributed by atoms with Gasteiger partial charge in [0.25, 0.3) is 0 Å². The van der Waals surface area contributed by atoms with Crippen molar-refractivity contribution in [3.63, 3.8) is 0 Å². The monoisotopic (exact) mass is 1830 g/mol. The molecule has 29 aromatic rings. The van der Waals surface area contributed by atoms with E-state index in [4.69, 9.17) is 28.2 Å². The molecule has 0 bridgehead atoms. The molecule has 670 valence electrons. The lowest BCUT2D eigenvalue weighted by Gasteiger charge is -2.22. The Morgan fingerprint density at radius 2 is 0.590 bits per heavy atom. The summed E-state index contributed by atoms with van der Waals surface area (Å²) in [4.78, 5) is 28.1. The first-order valence-corrected chi connectivity index (χ1v) is 49.0. The van der Waals surface area contributed by atoms with Crippen molar-refractivity contribution >= 4 is 163 Å². The number of aromatic nitrogens is 6. The largest absolute Gasteiger partial charge is 0.435 e. The molecule has 0 N–H and O–H groups in total. The Bertz CT molecular complexity index is 10500. The average molecular weight is 1840 g/mol. The molecule has 23 aromatic carbocycles. The van der Waals surface area contributed by atoms with Crippen LogP contribution in [0.25, 0.3) is 297 Å². The highest BCUT2D eigenvalue weighted by molar-refractivity contribution is 6.26. The van der Waals surface area contributed by atoms with Gasteiger partial charge in [-0.05, 0) is 323 Å². The molecule has 0 fully saturated rings. The van der Waals surface area contributed by atoms with Crippen molar-refractivity contribution in [3.05, 3.63) is 473 Å². The maximum Gasteiger partial charge on any atom is 0.246 e. The van der Waals surface area contributed by atoms with Gasteiger partial charge in [0.05, 0.1) is 5.52 Å². The highest BCUT2D eigenvalue weighted by Gasteiger charge is 2.36. The second-order valence-corrected chi connectivity index (χ2v) is 38.5. The number of rotatable bonds is 9. The molecule has 0 radical (unpaired) electrons. The zero-order valence-corrected chi connectivity index (χ0v) is 78.3. The highest BCUT2D eigenvalue weighted by atomic mass is 16.4. The zero-order chi connectivity index (χ0) is 94.9. The van der Waals surface area contributed by atoms with E-state index in [0.29, 0.717) is 17.7 Å². The number of benzene rings is 23. The van der Waals surface area contributed by atoms with Gasteiger partial charge in [0.1, 0.15) is 27.9 Å². The second kappa shape index (κ2) is 32.6. The molecule has 2 aliphatic carbocycles. The molecule has 0 saturated heterocycles. The molecular formula is C135H82N6O3. The lowest BCUT2D eigenvalue weighted by atomic mass is 9.81. The summed E-state index contributed by atoms with van der Waals surface area (Å²) in [6.45, 7) is 4.68. The molecule has 0 unspecified atom stereocenters. The van der Waals surface area contributed by atoms with Crippen molar-refractivity contribution in [2.45, 2.75) is 19.3 Å². The van der Waals surface area contributed by atoms with Gasteiger partial charge in [0.15, 0.2) is 16.7 Å². The number of fused-ring (bicyclic) bond motifs is 28. The fourth-order valence-electron chi connectivity index (χ4n) is 23.2. The predicted octanol–water partition coefficient (Wildman–Crippen LogP) is 36.5. The molecule has 0 aliphatic heterocycles. The van der Waals surface area contributed by atoms with Crippen LogP contribution in [0.1, 0.15) is 25.0 Å². The molecule has 144 heavy (non-hydrogen) atoms. The molecular weight excluding hydrogens is 1750 g/mol. The third-order valence-electron chi connectivity index (χ3n) is 30.1. The molecule has 9 nitrogen and oxygen atoms in total. The molecule has 2 aliphatic rings. The van der Waals surface area contributed by atoms with Gasteiger partial charge in [0.2, 0.25) is 17.7 Å². The quantitative estimate of drug-likeness (QED) is 0.130. The summed E-state index contributed by atoms with van der Waals surface area (Å²) in [5.41, 5.74) is 33.3. The van der Waals surface area contributed by atoms with Crippen molar-refractivity contribution in [1.82, 2.24) is 29.9 Å². The molecule has 0 saturated carbocycles. The van der Waals surface area contributed by atoms with Crippen molar-refractivity contribution < 1.29 is 13.3 Å². The number of pyridine rings is 3. The maximum atomic E-state index is 6.64. The van der Waals surface area contributed by atoms with E-state index < -0.39 is 0 Å². The Kier molecular flexibility index (Phi) is 18.6. The van der Waals surface area contributed by atoms with Crippen LogP contribution >= 0.6 is 0 Å². The minimum atomic E-state index is -0.0324. The van der Waals surface area contributed by atoms with E-state index in [0.717, 1.165) is 132 Å². The van der Waals surface area contributed by atoms with Crippen molar-refractivity contribution in [1.29, 1.82) is 0 Å². The minimum absolute atomic E-state index is 0.0324. The Hall–Kier alpha value is -19.0. The van der Waals surface area contributed by atoms with Crippen LogP contribution in [-0.2, 0) is 5.41 Å². The summed E-state index contributed by atoms with van der Waals surface area (Å²) in [6.07, 6.45) is 5.36.